The first-order chi connectivity index (χ1) is 14.0. The Morgan fingerprint density at radius 2 is 1.86 bits per heavy atom. The highest BCUT2D eigenvalue weighted by atomic mass is 19.1. The number of hydrogen-bond donors (Lipinski definition) is 2. The van der Waals surface area contributed by atoms with Crippen LogP contribution < -0.4 is 15.6 Å². The molecule has 2 aromatic carbocycles. The Kier molecular flexibility index (Phi) is 4.95. The van der Waals surface area contributed by atoms with E-state index in [9.17, 15) is 9.18 Å². The first-order valence-corrected chi connectivity index (χ1v) is 9.06. The smallest absolute Gasteiger partial charge is 0.253 e. The molecule has 4 aromatic rings. The lowest BCUT2D eigenvalue weighted by Gasteiger charge is -2.13. The Hall–Kier alpha value is -3.74. The normalized spacial score (nSPS) is 10.9. The highest BCUT2D eigenvalue weighted by Crippen LogP contribution is 2.34. The van der Waals surface area contributed by atoms with E-state index in [1.165, 1.54) is 18.5 Å². The summed E-state index contributed by atoms with van der Waals surface area (Å²) in [5, 5.41) is 3.96. The molecule has 6 nitrogen and oxygen atoms in total. The molecule has 0 aliphatic heterocycles. The Balaban J connectivity index is 1.76. The number of rotatable bonds is 5. The predicted molar refractivity (Wildman–Crippen MR) is 111 cm³/mol. The fourth-order valence-corrected chi connectivity index (χ4v) is 3.16. The molecule has 0 aliphatic carbocycles. The van der Waals surface area contributed by atoms with Crippen molar-refractivity contribution in [2.24, 2.45) is 0 Å². The van der Waals surface area contributed by atoms with Crippen molar-refractivity contribution in [3.8, 4) is 16.9 Å². The maximum Gasteiger partial charge on any atom is 0.253 e. The molecule has 0 bridgehead atoms. The van der Waals surface area contributed by atoms with Gasteiger partial charge in [-0.3, -0.25) is 4.79 Å². The number of benzene rings is 2. The van der Waals surface area contributed by atoms with E-state index in [-0.39, 0.29) is 11.4 Å². The minimum absolute atomic E-state index is 0.138. The molecule has 0 fully saturated rings. The maximum atomic E-state index is 13.3. The SMILES string of the molecule is COc1cc(-c2ccc(F)cc2)cc2c(NCc3ccc(C)[nH]c3=O)ncnc12. The predicted octanol–water partition coefficient (Wildman–Crippen LogP) is 4.05. The van der Waals surface area contributed by atoms with Crippen molar-refractivity contribution < 1.29 is 9.13 Å². The number of nitrogens with zero attached hydrogens (tertiary/aromatic N) is 2. The summed E-state index contributed by atoms with van der Waals surface area (Å²) in [6, 6.07) is 13.7. The summed E-state index contributed by atoms with van der Waals surface area (Å²) in [5.74, 6) is 0.869. The van der Waals surface area contributed by atoms with Crippen LogP contribution in [0.25, 0.3) is 22.0 Å². The van der Waals surface area contributed by atoms with Crippen LogP contribution in [0.4, 0.5) is 10.2 Å². The molecule has 0 unspecified atom stereocenters. The number of anilines is 1. The van der Waals surface area contributed by atoms with Crippen molar-refractivity contribution in [2.75, 3.05) is 12.4 Å². The molecule has 29 heavy (non-hydrogen) atoms. The summed E-state index contributed by atoms with van der Waals surface area (Å²) in [6.07, 6.45) is 1.45. The average Bonchev–Trinajstić information content (AvgIpc) is 2.73. The van der Waals surface area contributed by atoms with Gasteiger partial charge < -0.3 is 15.0 Å². The van der Waals surface area contributed by atoms with E-state index in [1.54, 1.807) is 25.3 Å². The van der Waals surface area contributed by atoms with Crippen molar-refractivity contribution in [2.45, 2.75) is 13.5 Å². The Morgan fingerprint density at radius 3 is 2.59 bits per heavy atom. The van der Waals surface area contributed by atoms with Crippen molar-refractivity contribution in [1.82, 2.24) is 15.0 Å². The number of ether oxygens (including phenoxy) is 1. The zero-order chi connectivity index (χ0) is 20.4. The number of H-pyrrole nitrogens is 1. The lowest BCUT2D eigenvalue weighted by molar-refractivity contribution is 0.419. The van der Waals surface area contributed by atoms with Crippen LogP contribution in [0, 0.1) is 12.7 Å². The lowest BCUT2D eigenvalue weighted by Crippen LogP contribution is -2.16. The molecule has 0 saturated carbocycles. The largest absolute Gasteiger partial charge is 0.494 e. The van der Waals surface area contributed by atoms with Crippen LogP contribution in [-0.4, -0.2) is 22.1 Å². The summed E-state index contributed by atoms with van der Waals surface area (Å²) in [4.78, 5) is 23.6. The highest BCUT2D eigenvalue weighted by molar-refractivity contribution is 5.96. The zero-order valence-electron chi connectivity index (χ0n) is 16.0. The number of aryl methyl sites for hydroxylation is 1. The maximum absolute atomic E-state index is 13.3. The molecule has 7 heteroatoms. The third kappa shape index (κ3) is 3.80. The van der Waals surface area contributed by atoms with Crippen LogP contribution >= 0.6 is 0 Å². The van der Waals surface area contributed by atoms with E-state index in [0.29, 0.717) is 29.2 Å². The van der Waals surface area contributed by atoms with Gasteiger partial charge >= 0.3 is 0 Å². The molecule has 0 atom stereocenters. The molecule has 0 radical (unpaired) electrons. The number of halogens is 1. The second-order valence-corrected chi connectivity index (χ2v) is 6.65. The van der Waals surface area contributed by atoms with E-state index in [2.05, 4.69) is 20.3 Å². The summed E-state index contributed by atoms with van der Waals surface area (Å²) in [5.41, 5.74) is 3.61. The fraction of sp³-hybridized carbons (Fsp3) is 0.136. The van der Waals surface area contributed by atoms with Gasteiger partial charge in [0.25, 0.3) is 5.56 Å². The van der Waals surface area contributed by atoms with Gasteiger partial charge in [-0.05, 0) is 48.4 Å². The molecule has 4 rings (SSSR count). The Morgan fingerprint density at radius 1 is 1.07 bits per heavy atom. The topological polar surface area (TPSA) is 79.9 Å². The van der Waals surface area contributed by atoms with Gasteiger partial charge in [-0.1, -0.05) is 18.2 Å². The third-order valence-electron chi connectivity index (χ3n) is 4.68. The minimum Gasteiger partial charge on any atom is -0.494 e. The van der Waals surface area contributed by atoms with Gasteiger partial charge in [0.05, 0.1) is 7.11 Å². The number of methoxy groups -OCH3 is 1. The van der Waals surface area contributed by atoms with Crippen molar-refractivity contribution in [1.29, 1.82) is 0 Å². The summed E-state index contributed by atoms with van der Waals surface area (Å²) < 4.78 is 18.8. The molecule has 146 valence electrons. The molecule has 0 aliphatic rings. The second-order valence-electron chi connectivity index (χ2n) is 6.65. The summed E-state index contributed by atoms with van der Waals surface area (Å²) in [6.45, 7) is 2.14. The number of aromatic amines is 1. The quantitative estimate of drug-likeness (QED) is 0.537. The van der Waals surface area contributed by atoms with Crippen LogP contribution in [0.5, 0.6) is 5.75 Å². The van der Waals surface area contributed by atoms with Gasteiger partial charge in [0.2, 0.25) is 0 Å². The van der Waals surface area contributed by atoms with Crippen LogP contribution in [0.1, 0.15) is 11.3 Å². The van der Waals surface area contributed by atoms with Gasteiger partial charge in [-0.25, -0.2) is 14.4 Å². The van der Waals surface area contributed by atoms with Crippen molar-refractivity contribution in [3.05, 3.63) is 82.3 Å². The fourth-order valence-electron chi connectivity index (χ4n) is 3.16. The number of hydrogen-bond acceptors (Lipinski definition) is 5. The van der Waals surface area contributed by atoms with Gasteiger partial charge in [0, 0.05) is 23.2 Å². The van der Waals surface area contributed by atoms with E-state index < -0.39 is 0 Å². The molecule has 2 aromatic heterocycles. The first-order valence-electron chi connectivity index (χ1n) is 9.06. The third-order valence-corrected chi connectivity index (χ3v) is 4.68. The second kappa shape index (κ2) is 7.71. The zero-order valence-corrected chi connectivity index (χ0v) is 16.0. The van der Waals surface area contributed by atoms with Crippen LogP contribution in [0.2, 0.25) is 0 Å². The molecule has 2 N–H and O–H groups in total. The van der Waals surface area contributed by atoms with E-state index >= 15 is 0 Å². The first kappa shape index (κ1) is 18.6. The van der Waals surface area contributed by atoms with Crippen LogP contribution in [-0.2, 0) is 6.54 Å². The Labute approximate surface area is 166 Å². The molecule has 0 spiro atoms. The highest BCUT2D eigenvalue weighted by Gasteiger charge is 2.12. The average molecular weight is 390 g/mol. The summed E-state index contributed by atoms with van der Waals surface area (Å²) >= 11 is 0. The Bertz CT molecular complexity index is 1240. The van der Waals surface area contributed by atoms with E-state index in [1.807, 2.05) is 25.1 Å². The van der Waals surface area contributed by atoms with E-state index in [4.69, 9.17) is 4.74 Å². The monoisotopic (exact) mass is 390 g/mol. The summed E-state index contributed by atoms with van der Waals surface area (Å²) in [7, 11) is 1.57. The minimum atomic E-state index is -0.296. The molecule has 0 saturated heterocycles. The molecule has 0 amide bonds. The van der Waals surface area contributed by atoms with Crippen LogP contribution in [0.15, 0.2) is 59.7 Å². The molecular formula is C22H19FN4O2. The lowest BCUT2D eigenvalue weighted by atomic mass is 10.0. The van der Waals surface area contributed by atoms with E-state index in [0.717, 1.165) is 22.2 Å². The standard InChI is InChI=1S/C22H19FN4O2/c1-13-3-4-15(22(28)27-13)11-24-21-18-9-16(14-5-7-17(23)8-6-14)10-19(29-2)20(18)25-12-26-21/h3-10,12H,11H2,1-2H3,(H,27,28)(H,24,25,26). The van der Waals surface area contributed by atoms with Gasteiger partial charge in [0.15, 0.2) is 0 Å². The van der Waals surface area contributed by atoms with Gasteiger partial charge in [-0.2, -0.15) is 0 Å². The number of pyridine rings is 1. The molecular weight excluding hydrogens is 371 g/mol. The van der Waals surface area contributed by atoms with Crippen LogP contribution in [0.3, 0.4) is 0 Å². The van der Waals surface area contributed by atoms with Gasteiger partial charge in [-0.15, -0.1) is 0 Å². The van der Waals surface area contributed by atoms with Crippen molar-refractivity contribution >= 4 is 16.7 Å². The number of fused-ring (bicyclic) bond motifs is 1. The number of aromatic nitrogens is 3. The number of nitrogens with one attached hydrogen (secondary N) is 2. The van der Waals surface area contributed by atoms with Gasteiger partial charge in [0.1, 0.15) is 29.2 Å². The van der Waals surface area contributed by atoms with Crippen molar-refractivity contribution in [3.63, 3.8) is 0 Å². The molecule has 2 heterocycles.